The van der Waals surface area contributed by atoms with Gasteiger partial charge in [-0.05, 0) is 25.3 Å². The average molecular weight is 358 g/mol. The molecular formula is C20H17F3N2O. The van der Waals surface area contributed by atoms with Crippen LogP contribution in [0.5, 0.6) is 5.75 Å². The van der Waals surface area contributed by atoms with E-state index in [1.807, 2.05) is 36.4 Å². The normalized spacial score (nSPS) is 12.8. The van der Waals surface area contributed by atoms with Crippen LogP contribution in [0.3, 0.4) is 0 Å². The van der Waals surface area contributed by atoms with Crippen molar-refractivity contribution in [3.05, 3.63) is 60.3 Å². The van der Waals surface area contributed by atoms with Crippen LogP contribution in [0.25, 0.3) is 16.3 Å². The molecule has 0 spiro atoms. The number of allylic oxidation sites excluding steroid dienone is 3. The van der Waals surface area contributed by atoms with Gasteiger partial charge in [-0.2, -0.15) is 18.4 Å². The van der Waals surface area contributed by atoms with Crippen LogP contribution in [0.4, 0.5) is 13.2 Å². The molecule has 0 radical (unpaired) electrons. The number of alkyl halides is 3. The fourth-order valence-electron chi connectivity index (χ4n) is 2.40. The fourth-order valence-corrected chi connectivity index (χ4v) is 2.40. The van der Waals surface area contributed by atoms with Crippen molar-refractivity contribution in [3.63, 3.8) is 0 Å². The summed E-state index contributed by atoms with van der Waals surface area (Å²) >= 11 is 0. The first kappa shape index (κ1) is 19.3. The molecule has 6 heteroatoms. The molecule has 0 amide bonds. The third kappa shape index (κ3) is 4.31. The Morgan fingerprint density at radius 1 is 1.27 bits per heavy atom. The predicted molar refractivity (Wildman–Crippen MR) is 97.0 cm³/mol. The molecule has 0 N–H and O–H groups in total. The molecule has 0 aliphatic carbocycles. The van der Waals surface area contributed by atoms with Gasteiger partial charge in [0.15, 0.2) is 0 Å². The monoisotopic (exact) mass is 358 g/mol. The molecule has 0 aliphatic rings. The van der Waals surface area contributed by atoms with Gasteiger partial charge in [0.05, 0.1) is 17.4 Å². The summed E-state index contributed by atoms with van der Waals surface area (Å²) in [5.74, 6) is 0.401. The number of hydrogen-bond acceptors (Lipinski definition) is 3. The van der Waals surface area contributed by atoms with Gasteiger partial charge in [-0.3, -0.25) is 0 Å². The Labute approximate surface area is 149 Å². The molecule has 0 saturated heterocycles. The highest BCUT2D eigenvalue weighted by Crippen LogP contribution is 2.33. The molecule has 0 heterocycles. The smallest absolute Gasteiger partial charge is 0.433 e. The van der Waals surface area contributed by atoms with Gasteiger partial charge in [0.2, 0.25) is 0 Å². The molecule has 2 rings (SSSR count). The SMILES string of the molecule is C=C(C#N)c1ccc2ccccc2c1OC/C(C)=N/C(=C\C)C(F)(F)F. The lowest BCUT2D eigenvalue weighted by atomic mass is 10.0. The van der Waals surface area contributed by atoms with Crippen LogP contribution in [0, 0.1) is 11.3 Å². The molecule has 0 aromatic heterocycles. The zero-order chi connectivity index (χ0) is 19.3. The van der Waals surface area contributed by atoms with Crippen LogP contribution in [0.2, 0.25) is 0 Å². The number of nitriles is 1. The molecule has 2 aromatic rings. The third-order valence-electron chi connectivity index (χ3n) is 3.64. The zero-order valence-corrected chi connectivity index (χ0v) is 14.4. The summed E-state index contributed by atoms with van der Waals surface area (Å²) in [7, 11) is 0. The van der Waals surface area contributed by atoms with Crippen molar-refractivity contribution in [2.24, 2.45) is 4.99 Å². The quantitative estimate of drug-likeness (QED) is 0.510. The number of halogens is 3. The molecule has 26 heavy (non-hydrogen) atoms. The number of aliphatic imine (C=N–C) groups is 1. The number of nitrogens with zero attached hydrogens (tertiary/aromatic N) is 2. The minimum absolute atomic E-state index is 0.146. The molecule has 0 atom stereocenters. The van der Waals surface area contributed by atoms with E-state index >= 15 is 0 Å². The maximum atomic E-state index is 12.8. The van der Waals surface area contributed by atoms with Crippen molar-refractivity contribution < 1.29 is 17.9 Å². The molecular weight excluding hydrogens is 341 g/mol. The number of hydrogen-bond donors (Lipinski definition) is 0. The van der Waals surface area contributed by atoms with E-state index in [1.165, 1.54) is 13.8 Å². The molecule has 0 fully saturated rings. The predicted octanol–water partition coefficient (Wildman–Crippen LogP) is 5.68. The first-order valence-electron chi connectivity index (χ1n) is 7.79. The van der Waals surface area contributed by atoms with Crippen molar-refractivity contribution in [3.8, 4) is 11.8 Å². The lowest BCUT2D eigenvalue weighted by molar-refractivity contribution is -0.0924. The first-order valence-corrected chi connectivity index (χ1v) is 7.79. The van der Waals surface area contributed by atoms with E-state index in [9.17, 15) is 13.2 Å². The molecule has 134 valence electrons. The Bertz CT molecular complexity index is 934. The van der Waals surface area contributed by atoms with Gasteiger partial charge in [0.1, 0.15) is 18.1 Å². The van der Waals surface area contributed by atoms with E-state index in [0.717, 1.165) is 16.8 Å². The van der Waals surface area contributed by atoms with Crippen LogP contribution in [-0.2, 0) is 0 Å². The van der Waals surface area contributed by atoms with Crippen molar-refractivity contribution in [1.29, 1.82) is 5.26 Å². The largest absolute Gasteiger partial charge is 0.486 e. The van der Waals surface area contributed by atoms with Crippen LogP contribution < -0.4 is 4.74 Å². The highest BCUT2D eigenvalue weighted by Gasteiger charge is 2.33. The van der Waals surface area contributed by atoms with Gasteiger partial charge in [0.25, 0.3) is 0 Å². The molecule has 0 bridgehead atoms. The second kappa shape index (κ2) is 7.87. The highest BCUT2D eigenvalue weighted by molar-refractivity contribution is 5.95. The zero-order valence-electron chi connectivity index (χ0n) is 14.4. The Kier molecular flexibility index (Phi) is 5.83. The maximum Gasteiger partial charge on any atom is 0.433 e. The minimum Gasteiger partial charge on any atom is -0.486 e. The lowest BCUT2D eigenvalue weighted by Crippen LogP contribution is -2.15. The molecule has 3 nitrogen and oxygen atoms in total. The Balaban J connectivity index is 2.38. The second-order valence-corrected chi connectivity index (χ2v) is 5.56. The summed E-state index contributed by atoms with van der Waals surface area (Å²) in [6.45, 7) is 6.29. The Morgan fingerprint density at radius 3 is 2.58 bits per heavy atom. The number of benzene rings is 2. The summed E-state index contributed by atoms with van der Waals surface area (Å²) in [5, 5.41) is 10.8. The van der Waals surface area contributed by atoms with Gasteiger partial charge in [-0.15, -0.1) is 0 Å². The standard InChI is InChI=1S/C20H17F3N2O/c1-4-18(20(21,22)23)25-14(3)12-26-19-16(13(2)11-24)10-9-15-7-5-6-8-17(15)19/h4-10H,2,12H2,1,3H3/b18-4-,25-14+. The van der Waals surface area contributed by atoms with Gasteiger partial charge in [-0.25, -0.2) is 4.99 Å². The van der Waals surface area contributed by atoms with E-state index in [4.69, 9.17) is 10.00 Å². The van der Waals surface area contributed by atoms with E-state index in [-0.39, 0.29) is 17.9 Å². The lowest BCUT2D eigenvalue weighted by Gasteiger charge is -2.14. The van der Waals surface area contributed by atoms with Crippen LogP contribution in [-0.4, -0.2) is 18.5 Å². The van der Waals surface area contributed by atoms with Crippen molar-refractivity contribution in [2.75, 3.05) is 6.61 Å². The number of fused-ring (bicyclic) bond motifs is 1. The fraction of sp³-hybridized carbons (Fsp3) is 0.200. The van der Waals surface area contributed by atoms with Gasteiger partial charge >= 0.3 is 6.18 Å². The van der Waals surface area contributed by atoms with E-state index in [0.29, 0.717) is 11.3 Å². The summed E-state index contributed by atoms with van der Waals surface area (Å²) in [6, 6.07) is 12.9. The summed E-state index contributed by atoms with van der Waals surface area (Å²) < 4.78 is 44.2. The Morgan fingerprint density at radius 2 is 1.96 bits per heavy atom. The van der Waals surface area contributed by atoms with E-state index in [2.05, 4.69) is 11.6 Å². The summed E-state index contributed by atoms with van der Waals surface area (Å²) in [4.78, 5) is 3.60. The van der Waals surface area contributed by atoms with Gasteiger partial charge in [0, 0.05) is 10.9 Å². The van der Waals surface area contributed by atoms with Crippen molar-refractivity contribution in [2.45, 2.75) is 20.0 Å². The molecule has 2 aromatic carbocycles. The summed E-state index contributed by atoms with van der Waals surface area (Å²) in [5.41, 5.74) is -0.0964. The molecule has 0 aliphatic heterocycles. The average Bonchev–Trinajstić information content (AvgIpc) is 2.62. The maximum absolute atomic E-state index is 12.8. The van der Waals surface area contributed by atoms with E-state index in [1.54, 1.807) is 6.07 Å². The van der Waals surface area contributed by atoms with Crippen LogP contribution >= 0.6 is 0 Å². The topological polar surface area (TPSA) is 45.4 Å². The van der Waals surface area contributed by atoms with Gasteiger partial charge < -0.3 is 4.74 Å². The van der Waals surface area contributed by atoms with Crippen LogP contribution in [0.15, 0.2) is 59.7 Å². The summed E-state index contributed by atoms with van der Waals surface area (Å²) in [6.07, 6.45) is -3.61. The molecule has 0 saturated carbocycles. The van der Waals surface area contributed by atoms with Crippen molar-refractivity contribution >= 4 is 22.1 Å². The number of rotatable bonds is 5. The van der Waals surface area contributed by atoms with Crippen LogP contribution in [0.1, 0.15) is 19.4 Å². The second-order valence-electron chi connectivity index (χ2n) is 5.56. The highest BCUT2D eigenvalue weighted by atomic mass is 19.4. The molecule has 0 unspecified atom stereocenters. The van der Waals surface area contributed by atoms with E-state index < -0.39 is 11.9 Å². The first-order chi connectivity index (χ1) is 12.3. The third-order valence-corrected chi connectivity index (χ3v) is 3.64. The minimum atomic E-state index is -4.52. The van der Waals surface area contributed by atoms with Crippen molar-refractivity contribution in [1.82, 2.24) is 0 Å². The van der Waals surface area contributed by atoms with Gasteiger partial charge in [-0.1, -0.05) is 43.0 Å². The number of ether oxygens (including phenoxy) is 1. The Hall–Kier alpha value is -3.07.